The van der Waals surface area contributed by atoms with E-state index in [9.17, 15) is 0 Å². The highest BCUT2D eigenvalue weighted by Crippen LogP contribution is 2.38. The molecule has 3 nitrogen and oxygen atoms in total. The van der Waals surface area contributed by atoms with Crippen LogP contribution in [0.2, 0.25) is 0 Å². The maximum absolute atomic E-state index is 4.37. The van der Waals surface area contributed by atoms with Gasteiger partial charge in [0.2, 0.25) is 0 Å². The molecule has 3 aromatic heterocycles. The highest BCUT2D eigenvalue weighted by atomic mass is 14.8. The zero-order chi connectivity index (χ0) is 13.3. The average Bonchev–Trinajstić information content (AvgIpc) is 2.92. The number of fused-ring (bicyclic) bond motifs is 1. The van der Waals surface area contributed by atoms with E-state index in [0.29, 0.717) is 0 Å². The lowest BCUT2D eigenvalue weighted by molar-refractivity contribution is 0.552. The van der Waals surface area contributed by atoms with Gasteiger partial charge in [-0.25, -0.2) is 4.98 Å². The summed E-state index contributed by atoms with van der Waals surface area (Å²) in [5.41, 5.74) is 3.42. The first-order valence-corrected chi connectivity index (χ1v) is 6.59. The van der Waals surface area contributed by atoms with Crippen LogP contribution in [0.5, 0.6) is 0 Å². The normalized spacial score (nSPS) is 14.4. The van der Waals surface area contributed by atoms with Crippen molar-refractivity contribution in [2.45, 2.75) is 25.7 Å². The number of pyridine rings is 2. The minimum Gasteiger partial charge on any atom is -0.346 e. The average molecular weight is 251 g/mol. The van der Waals surface area contributed by atoms with Crippen LogP contribution in [-0.2, 0) is 5.41 Å². The molecule has 0 radical (unpaired) electrons. The van der Waals surface area contributed by atoms with Crippen LogP contribution in [0.15, 0.2) is 49.1 Å². The first-order chi connectivity index (χ1) is 9.25. The van der Waals surface area contributed by atoms with Gasteiger partial charge in [0.1, 0.15) is 5.65 Å². The van der Waals surface area contributed by atoms with E-state index in [4.69, 9.17) is 0 Å². The van der Waals surface area contributed by atoms with Crippen LogP contribution in [-0.4, -0.2) is 15.0 Å². The molecule has 19 heavy (non-hydrogen) atoms. The number of hydrogen-bond acceptors (Lipinski definition) is 2. The number of nitrogens with one attached hydrogen (secondary N) is 1. The number of H-pyrrole nitrogens is 1. The van der Waals surface area contributed by atoms with Gasteiger partial charge in [-0.1, -0.05) is 19.9 Å². The van der Waals surface area contributed by atoms with E-state index in [2.05, 4.69) is 47.1 Å². The zero-order valence-electron chi connectivity index (χ0n) is 11.2. The minimum absolute atomic E-state index is 0.0461. The molecule has 1 N–H and O–H groups in total. The van der Waals surface area contributed by atoms with Crippen molar-refractivity contribution >= 4 is 11.0 Å². The Balaban J connectivity index is 2.22. The smallest absolute Gasteiger partial charge is 0.137 e. The topological polar surface area (TPSA) is 41.6 Å². The van der Waals surface area contributed by atoms with Crippen molar-refractivity contribution in [2.75, 3.05) is 0 Å². The SMILES string of the molecule is CCC(C)(c1cccnc1)c1c[nH]c2ncccc12. The van der Waals surface area contributed by atoms with E-state index < -0.39 is 0 Å². The molecular formula is C16H17N3. The van der Waals surface area contributed by atoms with Gasteiger partial charge in [0.25, 0.3) is 0 Å². The Morgan fingerprint density at radius 1 is 1.21 bits per heavy atom. The molecule has 0 saturated carbocycles. The molecule has 0 aliphatic heterocycles. The second-order valence-corrected chi connectivity index (χ2v) is 5.03. The monoisotopic (exact) mass is 251 g/mol. The predicted octanol–water partition coefficient (Wildman–Crippen LogP) is 3.67. The fourth-order valence-corrected chi connectivity index (χ4v) is 2.65. The second kappa shape index (κ2) is 4.50. The number of nitrogens with zero attached hydrogens (tertiary/aromatic N) is 2. The van der Waals surface area contributed by atoms with Crippen molar-refractivity contribution in [3.8, 4) is 0 Å². The molecule has 0 bridgehead atoms. The molecule has 0 aliphatic carbocycles. The molecular weight excluding hydrogens is 234 g/mol. The van der Waals surface area contributed by atoms with Crippen LogP contribution in [0.25, 0.3) is 11.0 Å². The van der Waals surface area contributed by atoms with Crippen LogP contribution in [0.4, 0.5) is 0 Å². The lowest BCUT2D eigenvalue weighted by atomic mass is 9.75. The summed E-state index contributed by atoms with van der Waals surface area (Å²) in [5.74, 6) is 0. The zero-order valence-corrected chi connectivity index (χ0v) is 11.2. The van der Waals surface area contributed by atoms with E-state index >= 15 is 0 Å². The Hall–Kier alpha value is -2.16. The first kappa shape index (κ1) is 11.9. The van der Waals surface area contributed by atoms with Crippen LogP contribution in [0.3, 0.4) is 0 Å². The first-order valence-electron chi connectivity index (χ1n) is 6.59. The van der Waals surface area contributed by atoms with Gasteiger partial charge in [0, 0.05) is 35.6 Å². The van der Waals surface area contributed by atoms with Gasteiger partial charge in [0.05, 0.1) is 0 Å². The maximum atomic E-state index is 4.37. The van der Waals surface area contributed by atoms with E-state index in [1.807, 2.05) is 30.7 Å². The Morgan fingerprint density at radius 2 is 2.05 bits per heavy atom. The molecule has 0 saturated heterocycles. The largest absolute Gasteiger partial charge is 0.346 e. The summed E-state index contributed by atoms with van der Waals surface area (Å²) in [4.78, 5) is 11.9. The highest BCUT2D eigenvalue weighted by Gasteiger charge is 2.29. The molecule has 0 fully saturated rings. The van der Waals surface area contributed by atoms with Crippen LogP contribution in [0.1, 0.15) is 31.4 Å². The molecule has 1 atom stereocenters. The lowest BCUT2D eigenvalue weighted by Crippen LogP contribution is -2.22. The van der Waals surface area contributed by atoms with Crippen molar-refractivity contribution in [3.05, 3.63) is 60.2 Å². The molecule has 3 rings (SSSR count). The fraction of sp³-hybridized carbons (Fsp3) is 0.250. The van der Waals surface area contributed by atoms with E-state index in [1.54, 1.807) is 0 Å². The molecule has 0 spiro atoms. The van der Waals surface area contributed by atoms with Crippen molar-refractivity contribution < 1.29 is 0 Å². The van der Waals surface area contributed by atoms with E-state index in [1.165, 1.54) is 16.5 Å². The van der Waals surface area contributed by atoms with Crippen molar-refractivity contribution in [1.82, 2.24) is 15.0 Å². The van der Waals surface area contributed by atoms with Gasteiger partial charge >= 0.3 is 0 Å². The Labute approximate surface area is 112 Å². The Morgan fingerprint density at radius 3 is 2.79 bits per heavy atom. The summed E-state index contributed by atoms with van der Waals surface area (Å²) in [6.45, 7) is 4.47. The van der Waals surface area contributed by atoms with Gasteiger partial charge in [-0.2, -0.15) is 0 Å². The van der Waals surface area contributed by atoms with Crippen LogP contribution >= 0.6 is 0 Å². The third kappa shape index (κ3) is 1.82. The molecule has 0 amide bonds. The molecule has 1 unspecified atom stereocenters. The molecule has 3 aromatic rings. The summed E-state index contributed by atoms with van der Waals surface area (Å²) >= 11 is 0. The quantitative estimate of drug-likeness (QED) is 0.771. The number of aromatic nitrogens is 3. The van der Waals surface area contributed by atoms with Gasteiger partial charge in [-0.3, -0.25) is 4.98 Å². The van der Waals surface area contributed by atoms with Gasteiger partial charge < -0.3 is 4.98 Å². The van der Waals surface area contributed by atoms with Crippen LogP contribution < -0.4 is 0 Å². The van der Waals surface area contributed by atoms with Gasteiger partial charge in [-0.05, 0) is 35.7 Å². The molecule has 0 aromatic carbocycles. The van der Waals surface area contributed by atoms with Gasteiger partial charge in [0.15, 0.2) is 0 Å². The summed E-state index contributed by atoms with van der Waals surface area (Å²) < 4.78 is 0. The number of rotatable bonds is 3. The minimum atomic E-state index is -0.0461. The molecule has 3 heteroatoms. The highest BCUT2D eigenvalue weighted by molar-refractivity contribution is 5.81. The Kier molecular flexibility index (Phi) is 2.82. The predicted molar refractivity (Wildman–Crippen MR) is 77.1 cm³/mol. The van der Waals surface area contributed by atoms with Crippen molar-refractivity contribution in [3.63, 3.8) is 0 Å². The van der Waals surface area contributed by atoms with Crippen LogP contribution in [0, 0.1) is 0 Å². The third-order valence-electron chi connectivity index (χ3n) is 4.05. The van der Waals surface area contributed by atoms with E-state index in [0.717, 1.165) is 12.1 Å². The third-order valence-corrected chi connectivity index (χ3v) is 4.05. The van der Waals surface area contributed by atoms with Gasteiger partial charge in [-0.15, -0.1) is 0 Å². The lowest BCUT2D eigenvalue weighted by Gasteiger charge is -2.28. The second-order valence-electron chi connectivity index (χ2n) is 5.03. The van der Waals surface area contributed by atoms with Crippen molar-refractivity contribution in [1.29, 1.82) is 0 Å². The molecule has 3 heterocycles. The number of hydrogen-bond donors (Lipinski definition) is 1. The summed E-state index contributed by atoms with van der Waals surface area (Å²) in [6, 6.07) is 8.25. The molecule has 0 aliphatic rings. The number of aromatic amines is 1. The Bertz CT molecular complexity index is 687. The molecule has 96 valence electrons. The summed E-state index contributed by atoms with van der Waals surface area (Å²) in [5, 5.41) is 1.19. The van der Waals surface area contributed by atoms with E-state index in [-0.39, 0.29) is 5.41 Å². The van der Waals surface area contributed by atoms with Crippen molar-refractivity contribution in [2.24, 2.45) is 0 Å². The fourth-order valence-electron chi connectivity index (χ4n) is 2.65. The summed E-state index contributed by atoms with van der Waals surface area (Å²) in [7, 11) is 0. The standard InChI is InChI=1S/C16H17N3/c1-3-16(2,12-6-4-8-17-10-12)14-11-19-15-13(14)7-5-9-18-15/h4-11H,3H2,1-2H3,(H,18,19). The summed E-state index contributed by atoms with van der Waals surface area (Å²) in [6.07, 6.45) is 8.68. The maximum Gasteiger partial charge on any atom is 0.137 e.